The number of benzene rings is 2. The molecule has 0 saturated heterocycles. The Morgan fingerprint density at radius 1 is 1.11 bits per heavy atom. The monoisotopic (exact) mass is 243 g/mol. The summed E-state index contributed by atoms with van der Waals surface area (Å²) < 4.78 is 0. The summed E-state index contributed by atoms with van der Waals surface area (Å²) >= 11 is 0. The fourth-order valence-corrected chi connectivity index (χ4v) is 1.91. The minimum absolute atomic E-state index is 0.0887. The van der Waals surface area contributed by atoms with Crippen LogP contribution in [0, 0.1) is 17.0 Å². The summed E-state index contributed by atoms with van der Waals surface area (Å²) in [6.45, 7) is 1.92. The van der Waals surface area contributed by atoms with E-state index in [2.05, 4.69) is 0 Å². The number of phenolic OH excluding ortho intramolecular Hbond substituents is 1. The van der Waals surface area contributed by atoms with Crippen molar-refractivity contribution in [1.82, 2.24) is 0 Å². The molecule has 0 aliphatic carbocycles. The van der Waals surface area contributed by atoms with Crippen LogP contribution in [0.3, 0.4) is 0 Å². The maximum absolute atomic E-state index is 10.5. The molecule has 0 amide bonds. The van der Waals surface area contributed by atoms with Gasteiger partial charge in [0.15, 0.2) is 0 Å². The van der Waals surface area contributed by atoms with Crippen molar-refractivity contribution in [2.75, 3.05) is 0 Å². The van der Waals surface area contributed by atoms with Crippen molar-refractivity contribution < 1.29 is 10.0 Å². The number of aryl methyl sites for hydroxylation is 1. The third-order valence-corrected chi connectivity index (χ3v) is 2.68. The van der Waals surface area contributed by atoms with E-state index in [1.807, 2.05) is 13.0 Å². The number of nitrogens with zero attached hydrogens (tertiary/aromatic N) is 1. The van der Waals surface area contributed by atoms with Crippen LogP contribution in [0.1, 0.15) is 16.7 Å². The molecule has 2 aromatic carbocycles. The van der Waals surface area contributed by atoms with Crippen LogP contribution in [0.25, 0.3) is 0 Å². The fraction of sp³-hybridized carbons (Fsp3) is 0.143. The minimum atomic E-state index is -0.414. The number of non-ortho nitro benzene ring substituents is 1. The Morgan fingerprint density at radius 3 is 2.33 bits per heavy atom. The zero-order valence-electron chi connectivity index (χ0n) is 9.96. The molecule has 0 atom stereocenters. The van der Waals surface area contributed by atoms with E-state index >= 15 is 0 Å². The van der Waals surface area contributed by atoms with Gasteiger partial charge in [-0.25, -0.2) is 0 Å². The predicted molar refractivity (Wildman–Crippen MR) is 68.7 cm³/mol. The highest BCUT2D eigenvalue weighted by molar-refractivity contribution is 5.38. The number of hydrogen-bond donors (Lipinski definition) is 1. The number of nitro benzene ring substituents is 1. The molecule has 0 bridgehead atoms. The van der Waals surface area contributed by atoms with Gasteiger partial charge >= 0.3 is 0 Å². The van der Waals surface area contributed by atoms with E-state index < -0.39 is 4.92 Å². The summed E-state index contributed by atoms with van der Waals surface area (Å²) in [4.78, 5) is 10.1. The lowest BCUT2D eigenvalue weighted by Gasteiger charge is -2.04. The van der Waals surface area contributed by atoms with E-state index in [4.69, 9.17) is 0 Å². The lowest BCUT2D eigenvalue weighted by molar-refractivity contribution is -0.384. The second-order valence-electron chi connectivity index (χ2n) is 4.28. The Hall–Kier alpha value is -2.36. The third kappa shape index (κ3) is 2.85. The Labute approximate surface area is 105 Å². The maximum atomic E-state index is 10.5. The third-order valence-electron chi connectivity index (χ3n) is 2.68. The predicted octanol–water partition coefficient (Wildman–Crippen LogP) is 3.20. The number of hydrogen-bond acceptors (Lipinski definition) is 3. The van der Waals surface area contributed by atoms with E-state index in [0.29, 0.717) is 6.42 Å². The van der Waals surface area contributed by atoms with Gasteiger partial charge < -0.3 is 5.11 Å². The Kier molecular flexibility index (Phi) is 3.28. The number of aromatic hydroxyl groups is 1. The molecule has 0 aromatic heterocycles. The summed E-state index contributed by atoms with van der Waals surface area (Å²) in [5.74, 6) is 0.243. The van der Waals surface area contributed by atoms with Gasteiger partial charge in [-0.15, -0.1) is 0 Å². The number of phenols is 1. The van der Waals surface area contributed by atoms with Crippen molar-refractivity contribution in [3.8, 4) is 5.75 Å². The molecule has 4 nitrogen and oxygen atoms in total. The van der Waals surface area contributed by atoms with Gasteiger partial charge in [-0.05, 0) is 42.2 Å². The van der Waals surface area contributed by atoms with Gasteiger partial charge in [0, 0.05) is 12.1 Å². The molecule has 0 unspecified atom stereocenters. The van der Waals surface area contributed by atoms with Crippen LogP contribution in [0.15, 0.2) is 42.5 Å². The summed E-state index contributed by atoms with van der Waals surface area (Å²) in [7, 11) is 0. The van der Waals surface area contributed by atoms with Crippen molar-refractivity contribution >= 4 is 5.69 Å². The Bertz CT molecular complexity index is 556. The fourth-order valence-electron chi connectivity index (χ4n) is 1.91. The average Bonchev–Trinajstić information content (AvgIpc) is 2.28. The Morgan fingerprint density at radius 2 is 1.78 bits per heavy atom. The smallest absolute Gasteiger partial charge is 0.269 e. The first-order valence-electron chi connectivity index (χ1n) is 5.57. The summed E-state index contributed by atoms with van der Waals surface area (Å²) in [6.07, 6.45) is 0.646. The van der Waals surface area contributed by atoms with Crippen LogP contribution < -0.4 is 0 Å². The molecule has 2 aromatic rings. The van der Waals surface area contributed by atoms with Crippen LogP contribution in [0.4, 0.5) is 5.69 Å². The standard InChI is InChI=1S/C14H13NO3/c1-10-6-12(9-14(16)7-10)8-11-2-4-13(5-3-11)15(17)18/h2-7,9,16H,8H2,1H3. The Balaban J connectivity index is 2.20. The quantitative estimate of drug-likeness (QED) is 0.665. The van der Waals surface area contributed by atoms with E-state index in [1.165, 1.54) is 12.1 Å². The van der Waals surface area contributed by atoms with Gasteiger partial charge in [0.1, 0.15) is 5.75 Å². The van der Waals surface area contributed by atoms with Crippen molar-refractivity contribution in [1.29, 1.82) is 0 Å². The van der Waals surface area contributed by atoms with E-state index in [1.54, 1.807) is 24.3 Å². The van der Waals surface area contributed by atoms with Crippen molar-refractivity contribution in [2.45, 2.75) is 13.3 Å². The normalized spacial score (nSPS) is 10.3. The summed E-state index contributed by atoms with van der Waals surface area (Å²) in [6, 6.07) is 11.8. The second kappa shape index (κ2) is 4.87. The summed E-state index contributed by atoms with van der Waals surface area (Å²) in [5, 5.41) is 20.0. The molecule has 0 heterocycles. The highest BCUT2D eigenvalue weighted by atomic mass is 16.6. The molecule has 0 aliphatic heterocycles. The number of nitro groups is 1. The minimum Gasteiger partial charge on any atom is -0.508 e. The highest BCUT2D eigenvalue weighted by Gasteiger charge is 2.05. The molecule has 4 heteroatoms. The largest absolute Gasteiger partial charge is 0.508 e. The van der Waals surface area contributed by atoms with Crippen molar-refractivity contribution in [3.63, 3.8) is 0 Å². The molecule has 92 valence electrons. The van der Waals surface area contributed by atoms with Crippen LogP contribution in [-0.4, -0.2) is 10.0 Å². The molecule has 0 spiro atoms. The van der Waals surface area contributed by atoms with E-state index in [0.717, 1.165) is 16.7 Å². The second-order valence-corrected chi connectivity index (χ2v) is 4.28. The SMILES string of the molecule is Cc1cc(O)cc(Cc2ccc([N+](=O)[O-])cc2)c1. The molecule has 18 heavy (non-hydrogen) atoms. The zero-order valence-corrected chi connectivity index (χ0v) is 9.96. The van der Waals surface area contributed by atoms with E-state index in [-0.39, 0.29) is 11.4 Å². The highest BCUT2D eigenvalue weighted by Crippen LogP contribution is 2.19. The van der Waals surface area contributed by atoms with Gasteiger partial charge in [0.25, 0.3) is 5.69 Å². The number of rotatable bonds is 3. The van der Waals surface area contributed by atoms with Crippen molar-refractivity contribution in [3.05, 3.63) is 69.3 Å². The summed E-state index contributed by atoms with van der Waals surface area (Å²) in [5.41, 5.74) is 3.05. The van der Waals surface area contributed by atoms with Gasteiger partial charge in [0.2, 0.25) is 0 Å². The van der Waals surface area contributed by atoms with Crippen LogP contribution in [0.5, 0.6) is 5.75 Å². The molecular formula is C14H13NO3. The first-order chi connectivity index (χ1) is 8.54. The van der Waals surface area contributed by atoms with Gasteiger partial charge in [-0.3, -0.25) is 10.1 Å². The average molecular weight is 243 g/mol. The molecule has 2 rings (SSSR count). The molecule has 0 saturated carbocycles. The van der Waals surface area contributed by atoms with Crippen molar-refractivity contribution in [2.24, 2.45) is 0 Å². The van der Waals surface area contributed by atoms with Gasteiger partial charge in [-0.1, -0.05) is 18.2 Å². The topological polar surface area (TPSA) is 63.4 Å². The lowest BCUT2D eigenvalue weighted by Crippen LogP contribution is -1.91. The maximum Gasteiger partial charge on any atom is 0.269 e. The first kappa shape index (κ1) is 12.1. The first-order valence-corrected chi connectivity index (χ1v) is 5.57. The zero-order chi connectivity index (χ0) is 13.1. The molecule has 0 radical (unpaired) electrons. The molecule has 1 N–H and O–H groups in total. The van der Waals surface area contributed by atoms with Crippen LogP contribution >= 0.6 is 0 Å². The van der Waals surface area contributed by atoms with Gasteiger partial charge in [0.05, 0.1) is 4.92 Å². The lowest BCUT2D eigenvalue weighted by atomic mass is 10.0. The molecular weight excluding hydrogens is 230 g/mol. The molecule has 0 aliphatic rings. The van der Waals surface area contributed by atoms with Crippen LogP contribution in [-0.2, 0) is 6.42 Å². The molecule has 0 fully saturated rings. The van der Waals surface area contributed by atoms with Crippen LogP contribution in [0.2, 0.25) is 0 Å². The van der Waals surface area contributed by atoms with Gasteiger partial charge in [-0.2, -0.15) is 0 Å². The van der Waals surface area contributed by atoms with E-state index in [9.17, 15) is 15.2 Å².